The fraction of sp³-hybridized carbons (Fsp3) is 0.625. The van der Waals surface area contributed by atoms with E-state index in [2.05, 4.69) is 28.8 Å². The van der Waals surface area contributed by atoms with E-state index in [1.165, 1.54) is 12.1 Å². The Bertz CT molecular complexity index is 525. The van der Waals surface area contributed by atoms with Crippen molar-refractivity contribution in [3.63, 3.8) is 0 Å². The lowest BCUT2D eigenvalue weighted by molar-refractivity contribution is -0.275. The standard InChI is InChI=1S/C16H22F4N2O.2ClH/c1-3-11(2)15(22-8-6-21-7-9-22)12-4-5-14(13(17)10-12)23-16(18,19)20;;/h4-5,10-11,15,21H,3,6-9H2,1-2H3;2*1H/t11?,15-;;/m0../s1. The molecule has 2 rings (SSSR count). The molecule has 9 heteroatoms. The van der Waals surface area contributed by atoms with Gasteiger partial charge in [0.05, 0.1) is 0 Å². The van der Waals surface area contributed by atoms with Crippen LogP contribution in [0.2, 0.25) is 0 Å². The van der Waals surface area contributed by atoms with Gasteiger partial charge >= 0.3 is 6.36 Å². The Balaban J connectivity index is 0.00000288. The number of ether oxygens (including phenoxy) is 1. The maximum Gasteiger partial charge on any atom is 0.573 e. The highest BCUT2D eigenvalue weighted by Crippen LogP contribution is 2.34. The van der Waals surface area contributed by atoms with Crippen LogP contribution < -0.4 is 10.1 Å². The van der Waals surface area contributed by atoms with Crippen LogP contribution in [0.5, 0.6) is 5.75 Å². The van der Waals surface area contributed by atoms with Crippen molar-refractivity contribution in [3.05, 3.63) is 29.6 Å². The van der Waals surface area contributed by atoms with Crippen molar-refractivity contribution >= 4 is 24.8 Å². The summed E-state index contributed by atoms with van der Waals surface area (Å²) in [5.41, 5.74) is 0.688. The summed E-state index contributed by atoms with van der Waals surface area (Å²) in [6.07, 6.45) is -3.99. The summed E-state index contributed by atoms with van der Waals surface area (Å²) in [5, 5.41) is 3.26. The van der Waals surface area contributed by atoms with Gasteiger partial charge in [0.25, 0.3) is 0 Å². The van der Waals surface area contributed by atoms with Gasteiger partial charge in [0.15, 0.2) is 11.6 Å². The minimum Gasteiger partial charge on any atom is -0.403 e. The fourth-order valence-electron chi connectivity index (χ4n) is 2.99. The summed E-state index contributed by atoms with van der Waals surface area (Å²) in [7, 11) is 0. The average Bonchev–Trinajstić information content (AvgIpc) is 2.50. The summed E-state index contributed by atoms with van der Waals surface area (Å²) >= 11 is 0. The number of alkyl halides is 3. The second kappa shape index (κ2) is 10.4. The van der Waals surface area contributed by atoms with Crippen LogP contribution in [0.1, 0.15) is 31.9 Å². The van der Waals surface area contributed by atoms with Crippen molar-refractivity contribution in [1.29, 1.82) is 0 Å². The van der Waals surface area contributed by atoms with Gasteiger partial charge in [-0.3, -0.25) is 4.90 Å². The van der Waals surface area contributed by atoms with E-state index >= 15 is 0 Å². The molecule has 2 atom stereocenters. The van der Waals surface area contributed by atoms with Crippen LogP contribution in [-0.2, 0) is 0 Å². The average molecular weight is 407 g/mol. The molecule has 1 heterocycles. The Hall–Kier alpha value is -0.760. The van der Waals surface area contributed by atoms with Crippen molar-refractivity contribution in [2.45, 2.75) is 32.7 Å². The van der Waals surface area contributed by atoms with Crippen LogP contribution in [0.4, 0.5) is 17.6 Å². The summed E-state index contributed by atoms with van der Waals surface area (Å²) in [6.45, 7) is 7.49. The van der Waals surface area contributed by atoms with Crippen LogP contribution in [0.25, 0.3) is 0 Å². The van der Waals surface area contributed by atoms with Crippen molar-refractivity contribution in [2.75, 3.05) is 26.2 Å². The third kappa shape index (κ3) is 6.81. The summed E-state index contributed by atoms with van der Waals surface area (Å²) in [6, 6.07) is 3.75. The quantitative estimate of drug-likeness (QED) is 0.725. The molecule has 0 saturated carbocycles. The molecule has 25 heavy (non-hydrogen) atoms. The zero-order valence-corrected chi connectivity index (χ0v) is 15.7. The second-order valence-corrected chi connectivity index (χ2v) is 5.85. The topological polar surface area (TPSA) is 24.5 Å². The molecule has 0 radical (unpaired) electrons. The first-order valence-corrected chi connectivity index (χ1v) is 7.81. The van der Waals surface area contributed by atoms with E-state index in [9.17, 15) is 17.6 Å². The number of nitrogens with zero attached hydrogens (tertiary/aromatic N) is 1. The highest BCUT2D eigenvalue weighted by molar-refractivity contribution is 5.85. The molecule has 1 N–H and O–H groups in total. The van der Waals surface area contributed by atoms with Gasteiger partial charge in [-0.05, 0) is 23.6 Å². The maximum atomic E-state index is 14.0. The molecule has 1 aliphatic heterocycles. The zero-order valence-electron chi connectivity index (χ0n) is 14.1. The SMILES string of the molecule is CCC(C)[C@@H](c1ccc(OC(F)(F)F)c(F)c1)N1CCNCC1.Cl.Cl. The highest BCUT2D eigenvalue weighted by atomic mass is 35.5. The van der Waals surface area contributed by atoms with E-state index in [-0.39, 0.29) is 36.8 Å². The lowest BCUT2D eigenvalue weighted by Crippen LogP contribution is -2.46. The van der Waals surface area contributed by atoms with Gasteiger partial charge in [-0.2, -0.15) is 0 Å². The Morgan fingerprint density at radius 3 is 2.28 bits per heavy atom. The monoisotopic (exact) mass is 406 g/mol. The predicted molar refractivity (Wildman–Crippen MR) is 94.2 cm³/mol. The Morgan fingerprint density at radius 2 is 1.80 bits per heavy atom. The number of piperazine rings is 1. The smallest absolute Gasteiger partial charge is 0.403 e. The van der Waals surface area contributed by atoms with Gasteiger partial charge in [0.2, 0.25) is 0 Å². The maximum absolute atomic E-state index is 14.0. The molecule has 0 aromatic heterocycles. The van der Waals surface area contributed by atoms with Gasteiger partial charge in [-0.15, -0.1) is 38.0 Å². The van der Waals surface area contributed by atoms with E-state index in [1.54, 1.807) is 0 Å². The van der Waals surface area contributed by atoms with E-state index in [4.69, 9.17) is 0 Å². The molecule has 1 aromatic carbocycles. The third-order valence-corrected chi connectivity index (χ3v) is 4.25. The molecule has 1 saturated heterocycles. The number of nitrogens with one attached hydrogen (secondary N) is 1. The van der Waals surface area contributed by atoms with Crippen molar-refractivity contribution < 1.29 is 22.3 Å². The first-order valence-electron chi connectivity index (χ1n) is 7.81. The molecular weight excluding hydrogens is 383 g/mol. The van der Waals surface area contributed by atoms with E-state index < -0.39 is 17.9 Å². The van der Waals surface area contributed by atoms with Crippen LogP contribution >= 0.6 is 24.8 Å². The summed E-state index contributed by atoms with van der Waals surface area (Å²) < 4.78 is 54.5. The predicted octanol–water partition coefficient (Wildman–Crippen LogP) is 4.56. The lowest BCUT2D eigenvalue weighted by atomic mass is 9.90. The fourth-order valence-corrected chi connectivity index (χ4v) is 2.99. The summed E-state index contributed by atoms with van der Waals surface area (Å²) in [5.74, 6) is -1.50. The molecule has 0 aliphatic carbocycles. The van der Waals surface area contributed by atoms with Crippen LogP contribution in [0, 0.1) is 11.7 Å². The van der Waals surface area contributed by atoms with E-state index in [0.717, 1.165) is 38.7 Å². The molecule has 0 spiro atoms. The molecule has 3 nitrogen and oxygen atoms in total. The molecule has 1 unspecified atom stereocenters. The van der Waals surface area contributed by atoms with Crippen LogP contribution in [-0.4, -0.2) is 37.4 Å². The normalized spacial score (nSPS) is 17.8. The minimum absolute atomic E-state index is 0. The number of rotatable bonds is 5. The zero-order chi connectivity index (χ0) is 17.0. The van der Waals surface area contributed by atoms with Crippen molar-refractivity contribution in [1.82, 2.24) is 10.2 Å². The summed E-state index contributed by atoms with van der Waals surface area (Å²) in [4.78, 5) is 2.25. The van der Waals surface area contributed by atoms with Gasteiger partial charge in [-0.25, -0.2) is 4.39 Å². The van der Waals surface area contributed by atoms with Gasteiger partial charge in [-0.1, -0.05) is 26.3 Å². The molecule has 0 bridgehead atoms. The molecule has 146 valence electrons. The van der Waals surface area contributed by atoms with Crippen molar-refractivity contribution in [3.8, 4) is 5.75 Å². The Labute approximate surface area is 157 Å². The second-order valence-electron chi connectivity index (χ2n) is 5.85. The molecule has 1 aliphatic rings. The largest absolute Gasteiger partial charge is 0.573 e. The molecule has 1 aromatic rings. The van der Waals surface area contributed by atoms with Crippen molar-refractivity contribution in [2.24, 2.45) is 5.92 Å². The first-order chi connectivity index (χ1) is 10.8. The van der Waals surface area contributed by atoms with Crippen LogP contribution in [0.15, 0.2) is 18.2 Å². The van der Waals surface area contributed by atoms with E-state index in [0.29, 0.717) is 5.56 Å². The Morgan fingerprint density at radius 1 is 1.20 bits per heavy atom. The molecule has 0 amide bonds. The third-order valence-electron chi connectivity index (χ3n) is 4.25. The van der Waals surface area contributed by atoms with Gasteiger partial charge in [0.1, 0.15) is 0 Å². The number of hydrogen-bond donors (Lipinski definition) is 1. The van der Waals surface area contributed by atoms with Gasteiger partial charge < -0.3 is 10.1 Å². The Kier molecular flexibility index (Phi) is 10.1. The van der Waals surface area contributed by atoms with E-state index in [1.807, 2.05) is 0 Å². The van der Waals surface area contributed by atoms with Gasteiger partial charge in [0, 0.05) is 32.2 Å². The minimum atomic E-state index is -4.89. The number of hydrogen-bond acceptors (Lipinski definition) is 3. The van der Waals surface area contributed by atoms with Crippen LogP contribution in [0.3, 0.4) is 0 Å². The number of halogens is 6. The lowest BCUT2D eigenvalue weighted by Gasteiger charge is -2.38. The number of benzene rings is 1. The highest BCUT2D eigenvalue weighted by Gasteiger charge is 2.33. The first kappa shape index (κ1) is 24.2. The molecular formula is C16H24Cl2F4N2O. The molecule has 1 fully saturated rings.